The monoisotopic (exact) mass is 390 g/mol. The number of pyridine rings is 1. The molecule has 0 unspecified atom stereocenters. The summed E-state index contributed by atoms with van der Waals surface area (Å²) in [5.74, 6) is 1.55. The van der Waals surface area contributed by atoms with Crippen molar-refractivity contribution in [1.82, 2.24) is 25.2 Å². The Hall–Kier alpha value is -1.42. The lowest BCUT2D eigenvalue weighted by Gasteiger charge is -2.10. The number of hydrogen-bond donors (Lipinski definition) is 2. The van der Waals surface area contributed by atoms with E-state index in [-0.39, 0.29) is 24.0 Å². The zero-order valence-electron chi connectivity index (χ0n) is 11.5. The van der Waals surface area contributed by atoms with Gasteiger partial charge >= 0.3 is 0 Å². The highest BCUT2D eigenvalue weighted by molar-refractivity contribution is 14.0. The molecule has 0 bridgehead atoms. The van der Waals surface area contributed by atoms with Gasteiger partial charge in [0.15, 0.2) is 17.4 Å². The van der Waals surface area contributed by atoms with Gasteiger partial charge in [0, 0.05) is 26.9 Å². The third kappa shape index (κ3) is 4.30. The minimum atomic E-state index is 0. The van der Waals surface area contributed by atoms with Crippen molar-refractivity contribution in [1.29, 1.82) is 0 Å². The summed E-state index contributed by atoms with van der Waals surface area (Å²) in [4.78, 5) is 4.12. The van der Waals surface area contributed by atoms with Gasteiger partial charge in [0.25, 0.3) is 0 Å². The Morgan fingerprint density at radius 3 is 2.95 bits per heavy atom. The van der Waals surface area contributed by atoms with Crippen LogP contribution in [0.5, 0.6) is 0 Å². The molecule has 0 amide bonds. The third-order valence-corrected chi connectivity index (χ3v) is 2.62. The zero-order valence-corrected chi connectivity index (χ0v) is 13.9. The number of fused-ring (bicyclic) bond motifs is 1. The van der Waals surface area contributed by atoms with E-state index in [1.54, 1.807) is 14.2 Å². The minimum Gasteiger partial charge on any atom is -0.383 e. The lowest BCUT2D eigenvalue weighted by molar-refractivity contribution is 0.203. The van der Waals surface area contributed by atoms with Crippen molar-refractivity contribution in [2.75, 3.05) is 27.3 Å². The summed E-state index contributed by atoms with van der Waals surface area (Å²) in [6.07, 6.45) is 1.94. The number of aliphatic imine (C=N–C) groups is 1. The maximum Gasteiger partial charge on any atom is 0.191 e. The first-order valence-electron chi connectivity index (χ1n) is 6.07. The molecule has 0 fully saturated rings. The van der Waals surface area contributed by atoms with E-state index in [1.807, 2.05) is 28.8 Å². The molecule has 0 spiro atoms. The lowest BCUT2D eigenvalue weighted by atomic mass is 10.4. The Bertz CT molecular complexity index is 556. The summed E-state index contributed by atoms with van der Waals surface area (Å²) in [6, 6.07) is 5.81. The highest BCUT2D eigenvalue weighted by atomic mass is 127. The summed E-state index contributed by atoms with van der Waals surface area (Å²) in [5.41, 5.74) is 0.835. The van der Waals surface area contributed by atoms with E-state index in [4.69, 9.17) is 4.74 Å². The van der Waals surface area contributed by atoms with Gasteiger partial charge in [-0.15, -0.1) is 34.2 Å². The molecule has 0 aliphatic rings. The normalized spacial score (nSPS) is 11.2. The van der Waals surface area contributed by atoms with E-state index in [0.717, 1.165) is 11.5 Å². The zero-order chi connectivity index (χ0) is 13.5. The van der Waals surface area contributed by atoms with E-state index in [0.29, 0.717) is 25.7 Å². The van der Waals surface area contributed by atoms with Crippen LogP contribution in [0.4, 0.5) is 0 Å². The standard InChI is InChI=1S/C12H18N6O.HI/c1-13-12(14-6-8-19-2)15-9-11-17-16-10-5-3-4-7-18(10)11;/h3-5,7H,6,8-9H2,1-2H3,(H2,13,14,15);1H. The molecule has 2 heterocycles. The maximum atomic E-state index is 4.97. The summed E-state index contributed by atoms with van der Waals surface area (Å²) in [7, 11) is 3.39. The number of ether oxygens (including phenoxy) is 1. The van der Waals surface area contributed by atoms with Crippen LogP contribution < -0.4 is 10.6 Å². The van der Waals surface area contributed by atoms with Crippen LogP contribution in [0.15, 0.2) is 29.4 Å². The average Bonchev–Trinajstić information content (AvgIpc) is 2.86. The third-order valence-electron chi connectivity index (χ3n) is 2.62. The van der Waals surface area contributed by atoms with Crippen molar-refractivity contribution in [3.63, 3.8) is 0 Å². The molecule has 0 atom stereocenters. The predicted octanol–water partition coefficient (Wildman–Crippen LogP) is 0.659. The Morgan fingerprint density at radius 1 is 1.35 bits per heavy atom. The smallest absolute Gasteiger partial charge is 0.191 e. The SMILES string of the molecule is CN=C(NCCOC)NCc1nnc2ccccn12.I. The molecule has 2 aromatic rings. The number of nitrogens with one attached hydrogen (secondary N) is 2. The second kappa shape index (κ2) is 8.69. The van der Waals surface area contributed by atoms with Gasteiger partial charge in [0.05, 0.1) is 13.2 Å². The predicted molar refractivity (Wildman–Crippen MR) is 88.5 cm³/mol. The van der Waals surface area contributed by atoms with Crippen molar-refractivity contribution >= 4 is 35.6 Å². The van der Waals surface area contributed by atoms with Crippen LogP contribution in [0, 0.1) is 0 Å². The molecule has 110 valence electrons. The van der Waals surface area contributed by atoms with Crippen LogP contribution in [0.25, 0.3) is 5.65 Å². The van der Waals surface area contributed by atoms with Crippen molar-refractivity contribution in [3.8, 4) is 0 Å². The Balaban J connectivity index is 0.00000200. The molecule has 0 aromatic carbocycles. The van der Waals surface area contributed by atoms with Gasteiger partial charge in [-0.05, 0) is 12.1 Å². The van der Waals surface area contributed by atoms with Crippen molar-refractivity contribution in [2.24, 2.45) is 4.99 Å². The summed E-state index contributed by atoms with van der Waals surface area (Å²) < 4.78 is 6.91. The van der Waals surface area contributed by atoms with Crippen LogP contribution >= 0.6 is 24.0 Å². The lowest BCUT2D eigenvalue weighted by Crippen LogP contribution is -2.38. The molecule has 0 radical (unpaired) electrons. The number of methoxy groups -OCH3 is 1. The summed E-state index contributed by atoms with van der Waals surface area (Å²) >= 11 is 0. The van der Waals surface area contributed by atoms with Gasteiger partial charge in [-0.3, -0.25) is 9.39 Å². The van der Waals surface area contributed by atoms with E-state index >= 15 is 0 Å². The molecule has 7 nitrogen and oxygen atoms in total. The molecule has 0 saturated carbocycles. The Morgan fingerprint density at radius 2 is 2.20 bits per heavy atom. The molecule has 2 rings (SSSR count). The van der Waals surface area contributed by atoms with E-state index in [9.17, 15) is 0 Å². The first-order chi connectivity index (χ1) is 9.35. The molecule has 2 aromatic heterocycles. The molecule has 0 aliphatic carbocycles. The fourth-order valence-electron chi connectivity index (χ4n) is 1.67. The van der Waals surface area contributed by atoms with Gasteiger partial charge < -0.3 is 15.4 Å². The quantitative estimate of drug-likeness (QED) is 0.340. The minimum absolute atomic E-state index is 0. The van der Waals surface area contributed by atoms with Gasteiger partial charge in [0.2, 0.25) is 0 Å². The van der Waals surface area contributed by atoms with Crippen LogP contribution in [0.1, 0.15) is 5.82 Å². The average molecular weight is 390 g/mol. The first-order valence-corrected chi connectivity index (χ1v) is 6.07. The van der Waals surface area contributed by atoms with Crippen LogP contribution in [0.3, 0.4) is 0 Å². The number of aromatic nitrogens is 3. The highest BCUT2D eigenvalue weighted by Crippen LogP contribution is 2.01. The van der Waals surface area contributed by atoms with Gasteiger partial charge in [0.1, 0.15) is 0 Å². The van der Waals surface area contributed by atoms with Crippen LogP contribution in [-0.2, 0) is 11.3 Å². The summed E-state index contributed by atoms with van der Waals surface area (Å²) in [6.45, 7) is 1.89. The van der Waals surface area contributed by atoms with E-state index in [2.05, 4.69) is 25.8 Å². The number of rotatable bonds is 5. The first kappa shape index (κ1) is 16.6. The van der Waals surface area contributed by atoms with Gasteiger partial charge in [-0.25, -0.2) is 0 Å². The second-order valence-corrected chi connectivity index (χ2v) is 3.89. The maximum absolute atomic E-state index is 4.97. The van der Waals surface area contributed by atoms with E-state index in [1.165, 1.54) is 0 Å². The van der Waals surface area contributed by atoms with Crippen molar-refractivity contribution in [2.45, 2.75) is 6.54 Å². The molecular weight excluding hydrogens is 371 g/mol. The van der Waals surface area contributed by atoms with Crippen LogP contribution in [0.2, 0.25) is 0 Å². The molecular formula is C12H19IN6O. The van der Waals surface area contributed by atoms with Crippen LogP contribution in [-0.4, -0.2) is 47.9 Å². The topological polar surface area (TPSA) is 75.8 Å². The fraction of sp³-hybridized carbons (Fsp3) is 0.417. The van der Waals surface area contributed by atoms with Crippen molar-refractivity contribution < 1.29 is 4.74 Å². The molecule has 8 heteroatoms. The van der Waals surface area contributed by atoms with Gasteiger partial charge in [-0.2, -0.15) is 0 Å². The van der Waals surface area contributed by atoms with E-state index < -0.39 is 0 Å². The summed E-state index contributed by atoms with van der Waals surface area (Å²) in [5, 5.41) is 14.6. The molecule has 2 N–H and O–H groups in total. The molecule has 0 saturated heterocycles. The van der Waals surface area contributed by atoms with Crippen molar-refractivity contribution in [3.05, 3.63) is 30.2 Å². The highest BCUT2D eigenvalue weighted by Gasteiger charge is 2.05. The number of guanidine groups is 1. The largest absolute Gasteiger partial charge is 0.383 e. The second-order valence-electron chi connectivity index (χ2n) is 3.89. The number of hydrogen-bond acceptors (Lipinski definition) is 4. The Kier molecular flexibility index (Phi) is 7.23. The fourth-order valence-corrected chi connectivity index (χ4v) is 1.67. The van der Waals surface area contributed by atoms with Gasteiger partial charge in [-0.1, -0.05) is 6.07 Å². The number of nitrogens with zero attached hydrogens (tertiary/aromatic N) is 4. The molecule has 0 aliphatic heterocycles. The Labute approximate surface area is 134 Å². The number of halogens is 1. The molecule has 20 heavy (non-hydrogen) atoms.